The minimum absolute atomic E-state index is 0.0411. The van der Waals surface area contributed by atoms with Crippen LogP contribution in [0, 0.1) is 5.92 Å². The molecule has 0 aliphatic carbocycles. The number of hydrogen-bond donors (Lipinski definition) is 3. The van der Waals surface area contributed by atoms with Crippen LogP contribution < -0.4 is 21.3 Å². The lowest BCUT2D eigenvalue weighted by molar-refractivity contribution is -0.128. The van der Waals surface area contributed by atoms with Crippen molar-refractivity contribution in [2.24, 2.45) is 11.7 Å². The number of nitrogens with one attached hydrogen (secondary N) is 2. The average molecular weight is 359 g/mol. The number of carbonyl (C=O) groups excluding carboxylic acids is 2. The predicted octanol–water partition coefficient (Wildman–Crippen LogP) is 0.932. The lowest BCUT2D eigenvalue weighted by Gasteiger charge is -2.34. The summed E-state index contributed by atoms with van der Waals surface area (Å²) >= 11 is 0. The van der Waals surface area contributed by atoms with Crippen LogP contribution in [0.2, 0.25) is 0 Å². The zero-order valence-electron chi connectivity index (χ0n) is 15.5. The molecular formula is C19H29N5O2. The van der Waals surface area contributed by atoms with Crippen LogP contribution in [0.25, 0.3) is 0 Å². The van der Waals surface area contributed by atoms with Crippen molar-refractivity contribution in [1.29, 1.82) is 0 Å². The van der Waals surface area contributed by atoms with Gasteiger partial charge < -0.3 is 21.3 Å². The molecule has 2 aliphatic rings. The van der Waals surface area contributed by atoms with Crippen molar-refractivity contribution in [3.05, 3.63) is 23.9 Å². The number of amides is 2. The van der Waals surface area contributed by atoms with Crippen LogP contribution >= 0.6 is 0 Å². The molecule has 2 fully saturated rings. The maximum Gasteiger partial charge on any atom is 0.240 e. The largest absolute Gasteiger partial charge is 0.369 e. The smallest absolute Gasteiger partial charge is 0.240 e. The van der Waals surface area contributed by atoms with Gasteiger partial charge in [0.15, 0.2) is 0 Å². The monoisotopic (exact) mass is 359 g/mol. The summed E-state index contributed by atoms with van der Waals surface area (Å²) in [4.78, 5) is 30.7. The Morgan fingerprint density at radius 2 is 2.15 bits per heavy atom. The van der Waals surface area contributed by atoms with Gasteiger partial charge in [0, 0.05) is 37.3 Å². The van der Waals surface area contributed by atoms with E-state index in [1.165, 1.54) is 0 Å². The molecule has 4 N–H and O–H groups in total. The number of anilines is 1. The summed E-state index contributed by atoms with van der Waals surface area (Å²) in [5.41, 5.74) is 5.93. The third-order valence-electron chi connectivity index (χ3n) is 5.62. The fourth-order valence-corrected chi connectivity index (χ4v) is 3.85. The van der Waals surface area contributed by atoms with E-state index >= 15 is 0 Å². The molecule has 1 aromatic rings. The lowest BCUT2D eigenvalue weighted by atomic mass is 9.90. The average Bonchev–Trinajstić information content (AvgIpc) is 2.67. The maximum atomic E-state index is 12.6. The van der Waals surface area contributed by atoms with Crippen molar-refractivity contribution in [3.8, 4) is 0 Å². The standard InChI is InChI=1S/C19H29N5O2/c1-19(8-2-3-10-23-19)18(26)22-13-15-5-4-9-21-17(15)24-11-6-14(7-12-24)16(20)25/h4-5,9,14,23H,2-3,6-8,10-13H2,1H3,(H2,20,25)(H,22,26). The van der Waals surface area contributed by atoms with Crippen molar-refractivity contribution in [2.75, 3.05) is 24.5 Å². The Kier molecular flexibility index (Phi) is 5.76. The Hall–Kier alpha value is -2.15. The zero-order valence-corrected chi connectivity index (χ0v) is 15.5. The second kappa shape index (κ2) is 8.03. The Bertz CT molecular complexity index is 649. The summed E-state index contributed by atoms with van der Waals surface area (Å²) < 4.78 is 0. The van der Waals surface area contributed by atoms with Gasteiger partial charge >= 0.3 is 0 Å². The van der Waals surface area contributed by atoms with E-state index in [0.29, 0.717) is 6.54 Å². The highest BCUT2D eigenvalue weighted by molar-refractivity contribution is 5.86. The van der Waals surface area contributed by atoms with Crippen LogP contribution in [-0.2, 0) is 16.1 Å². The van der Waals surface area contributed by atoms with E-state index in [2.05, 4.69) is 20.5 Å². The van der Waals surface area contributed by atoms with Gasteiger partial charge in [-0.15, -0.1) is 0 Å². The molecule has 3 rings (SSSR count). The first kappa shape index (κ1) is 18.6. The summed E-state index contributed by atoms with van der Waals surface area (Å²) in [6, 6.07) is 3.89. The predicted molar refractivity (Wildman–Crippen MR) is 100 cm³/mol. The molecule has 142 valence electrons. The number of pyridine rings is 1. The molecule has 0 radical (unpaired) electrons. The minimum atomic E-state index is -0.486. The molecule has 2 amide bonds. The van der Waals surface area contributed by atoms with Crippen LogP contribution in [0.4, 0.5) is 5.82 Å². The summed E-state index contributed by atoms with van der Waals surface area (Å²) in [6.45, 7) is 4.82. The van der Waals surface area contributed by atoms with E-state index in [-0.39, 0.29) is 17.7 Å². The molecule has 0 bridgehead atoms. The quantitative estimate of drug-likeness (QED) is 0.726. The topological polar surface area (TPSA) is 100 Å². The van der Waals surface area contributed by atoms with Crippen molar-refractivity contribution >= 4 is 17.6 Å². The molecule has 0 saturated carbocycles. The van der Waals surface area contributed by atoms with Gasteiger partial charge in [-0.2, -0.15) is 0 Å². The van der Waals surface area contributed by atoms with Crippen LogP contribution in [0.1, 0.15) is 44.6 Å². The fourth-order valence-electron chi connectivity index (χ4n) is 3.85. The van der Waals surface area contributed by atoms with Gasteiger partial charge in [0.05, 0.1) is 5.54 Å². The number of nitrogens with zero attached hydrogens (tertiary/aromatic N) is 2. The molecule has 0 aromatic carbocycles. The number of aromatic nitrogens is 1. The summed E-state index contributed by atoms with van der Waals surface area (Å²) in [5.74, 6) is 0.666. The van der Waals surface area contributed by atoms with Crippen molar-refractivity contribution < 1.29 is 9.59 Å². The molecule has 26 heavy (non-hydrogen) atoms. The van der Waals surface area contributed by atoms with Gasteiger partial charge in [0.1, 0.15) is 5.82 Å². The van der Waals surface area contributed by atoms with Gasteiger partial charge in [-0.3, -0.25) is 9.59 Å². The fraction of sp³-hybridized carbons (Fsp3) is 0.632. The van der Waals surface area contributed by atoms with E-state index in [4.69, 9.17) is 5.73 Å². The highest BCUT2D eigenvalue weighted by Gasteiger charge is 2.34. The molecule has 0 spiro atoms. The van der Waals surface area contributed by atoms with Crippen molar-refractivity contribution in [1.82, 2.24) is 15.6 Å². The first-order valence-corrected chi connectivity index (χ1v) is 9.51. The molecule has 2 aliphatic heterocycles. The second-order valence-corrected chi connectivity index (χ2v) is 7.55. The second-order valence-electron chi connectivity index (χ2n) is 7.55. The third-order valence-corrected chi connectivity index (χ3v) is 5.62. The summed E-state index contributed by atoms with van der Waals surface area (Å²) in [6.07, 6.45) is 6.32. The van der Waals surface area contributed by atoms with E-state index in [9.17, 15) is 9.59 Å². The molecule has 7 heteroatoms. The van der Waals surface area contributed by atoms with Crippen LogP contribution in [0.5, 0.6) is 0 Å². The molecule has 1 unspecified atom stereocenters. The zero-order chi connectivity index (χ0) is 18.6. The van der Waals surface area contributed by atoms with Gasteiger partial charge in [0.2, 0.25) is 11.8 Å². The van der Waals surface area contributed by atoms with Gasteiger partial charge in [-0.25, -0.2) is 4.98 Å². The SMILES string of the molecule is CC1(C(=O)NCc2cccnc2N2CCC(C(N)=O)CC2)CCCCN1. The van der Waals surface area contributed by atoms with E-state index in [0.717, 1.165) is 63.1 Å². The van der Waals surface area contributed by atoms with Gasteiger partial charge in [0.25, 0.3) is 0 Å². The summed E-state index contributed by atoms with van der Waals surface area (Å²) in [7, 11) is 0. The number of piperidine rings is 2. The van der Waals surface area contributed by atoms with Crippen LogP contribution in [0.15, 0.2) is 18.3 Å². The summed E-state index contributed by atoms with van der Waals surface area (Å²) in [5, 5.41) is 6.42. The number of nitrogens with two attached hydrogens (primary N) is 1. The Morgan fingerprint density at radius 1 is 1.38 bits per heavy atom. The van der Waals surface area contributed by atoms with Crippen molar-refractivity contribution in [2.45, 2.75) is 51.1 Å². The lowest BCUT2D eigenvalue weighted by Crippen LogP contribution is -2.56. The highest BCUT2D eigenvalue weighted by atomic mass is 16.2. The Balaban J connectivity index is 1.62. The number of rotatable bonds is 5. The van der Waals surface area contributed by atoms with Crippen LogP contribution in [0.3, 0.4) is 0 Å². The van der Waals surface area contributed by atoms with Crippen molar-refractivity contribution in [3.63, 3.8) is 0 Å². The molecule has 2 saturated heterocycles. The first-order valence-electron chi connectivity index (χ1n) is 9.51. The molecule has 1 atom stereocenters. The molecule has 3 heterocycles. The third kappa shape index (κ3) is 4.15. The number of hydrogen-bond acceptors (Lipinski definition) is 5. The van der Waals surface area contributed by atoms with E-state index in [1.807, 2.05) is 19.1 Å². The Labute approximate surface area is 154 Å². The maximum absolute atomic E-state index is 12.6. The van der Waals surface area contributed by atoms with Crippen LogP contribution in [-0.4, -0.2) is 42.0 Å². The minimum Gasteiger partial charge on any atom is -0.369 e. The van der Waals surface area contributed by atoms with E-state index < -0.39 is 5.54 Å². The first-order chi connectivity index (χ1) is 12.5. The molecule has 7 nitrogen and oxygen atoms in total. The number of primary amides is 1. The molecular weight excluding hydrogens is 330 g/mol. The Morgan fingerprint density at radius 3 is 2.81 bits per heavy atom. The number of carbonyl (C=O) groups is 2. The van der Waals surface area contributed by atoms with Gasteiger partial charge in [-0.1, -0.05) is 6.07 Å². The van der Waals surface area contributed by atoms with E-state index in [1.54, 1.807) is 6.20 Å². The molecule has 1 aromatic heterocycles. The normalized spacial score (nSPS) is 24.3. The highest BCUT2D eigenvalue weighted by Crippen LogP contribution is 2.25. The van der Waals surface area contributed by atoms with Gasteiger partial charge in [-0.05, 0) is 51.6 Å².